The predicted molar refractivity (Wildman–Crippen MR) is 54.1 cm³/mol. The van der Waals surface area contributed by atoms with Crippen LogP contribution >= 0.6 is 11.8 Å². The molecule has 1 rings (SSSR count). The van der Waals surface area contributed by atoms with Gasteiger partial charge in [0.1, 0.15) is 10.8 Å². The second-order valence-corrected chi connectivity index (χ2v) is 3.04. The normalized spacial score (nSPS) is 11.7. The third kappa shape index (κ3) is 1.80. The van der Waals surface area contributed by atoms with Gasteiger partial charge >= 0.3 is 0 Å². The van der Waals surface area contributed by atoms with Crippen LogP contribution < -0.4 is 0 Å². The summed E-state index contributed by atoms with van der Waals surface area (Å²) in [6, 6.07) is 7.20. The van der Waals surface area contributed by atoms with Crippen molar-refractivity contribution in [3.8, 4) is 5.75 Å². The molecule has 0 aliphatic heterocycles. The molecule has 0 heterocycles. The molecule has 0 bridgehead atoms. The molecule has 1 N–H and O–H groups in total. The highest BCUT2D eigenvalue weighted by Gasteiger charge is 2.04. The van der Waals surface area contributed by atoms with Crippen molar-refractivity contribution in [2.45, 2.75) is 0 Å². The van der Waals surface area contributed by atoms with Crippen LogP contribution in [0, 0.1) is 0 Å². The number of hydrogen-bond donors (Lipinski definition) is 1. The highest BCUT2D eigenvalue weighted by atomic mass is 32.2. The Morgan fingerprint density at radius 1 is 1.42 bits per heavy atom. The molecular formula is C9H11NOS. The Bertz CT molecular complexity index is 296. The van der Waals surface area contributed by atoms with E-state index in [4.69, 9.17) is 0 Å². The van der Waals surface area contributed by atoms with Crippen LogP contribution in [0.4, 0.5) is 0 Å². The van der Waals surface area contributed by atoms with E-state index < -0.39 is 0 Å². The second-order valence-electron chi connectivity index (χ2n) is 2.25. The van der Waals surface area contributed by atoms with Crippen molar-refractivity contribution in [2.24, 2.45) is 4.99 Å². The van der Waals surface area contributed by atoms with Gasteiger partial charge in [0.2, 0.25) is 0 Å². The van der Waals surface area contributed by atoms with E-state index in [0.717, 1.165) is 10.6 Å². The number of phenolic OH excluding ortho intramolecular Hbond substituents is 1. The first-order valence-electron chi connectivity index (χ1n) is 3.58. The number of nitrogens with zero attached hydrogens (tertiary/aromatic N) is 1. The summed E-state index contributed by atoms with van der Waals surface area (Å²) in [6.07, 6.45) is 1.94. The maximum atomic E-state index is 9.45. The molecule has 12 heavy (non-hydrogen) atoms. The van der Waals surface area contributed by atoms with Crippen LogP contribution in [-0.4, -0.2) is 23.5 Å². The van der Waals surface area contributed by atoms with Crippen LogP contribution in [0.1, 0.15) is 5.56 Å². The first kappa shape index (κ1) is 9.13. The van der Waals surface area contributed by atoms with E-state index in [1.165, 1.54) is 11.8 Å². The summed E-state index contributed by atoms with van der Waals surface area (Å²) in [5.74, 6) is 0.285. The number of rotatable bonds is 1. The van der Waals surface area contributed by atoms with Crippen molar-refractivity contribution < 1.29 is 5.11 Å². The molecule has 3 heteroatoms. The number of thioether (sulfide) groups is 1. The Hall–Kier alpha value is -0.960. The monoisotopic (exact) mass is 181 g/mol. The lowest BCUT2D eigenvalue weighted by Gasteiger charge is -2.03. The molecule has 0 aromatic heterocycles. The number of benzene rings is 1. The van der Waals surface area contributed by atoms with Gasteiger partial charge < -0.3 is 5.11 Å². The molecular weight excluding hydrogens is 170 g/mol. The molecule has 0 fully saturated rings. The molecule has 0 radical (unpaired) electrons. The largest absolute Gasteiger partial charge is 0.507 e. The molecule has 0 spiro atoms. The maximum absolute atomic E-state index is 9.45. The molecule has 0 unspecified atom stereocenters. The van der Waals surface area contributed by atoms with Crippen LogP contribution in [0.15, 0.2) is 29.3 Å². The third-order valence-electron chi connectivity index (χ3n) is 1.53. The Morgan fingerprint density at radius 2 is 2.08 bits per heavy atom. The Labute approximate surface area is 76.3 Å². The quantitative estimate of drug-likeness (QED) is 0.531. The number of aromatic hydroxyl groups is 1. The van der Waals surface area contributed by atoms with Gasteiger partial charge in [0.15, 0.2) is 0 Å². The van der Waals surface area contributed by atoms with Crippen molar-refractivity contribution >= 4 is 16.8 Å². The summed E-state index contributed by atoms with van der Waals surface area (Å²) in [6.45, 7) is 0. The molecule has 64 valence electrons. The van der Waals surface area contributed by atoms with Crippen molar-refractivity contribution in [2.75, 3.05) is 13.3 Å². The van der Waals surface area contributed by atoms with Gasteiger partial charge in [-0.15, -0.1) is 11.8 Å². The van der Waals surface area contributed by atoms with Gasteiger partial charge in [-0.1, -0.05) is 12.1 Å². The average Bonchev–Trinajstić information content (AvgIpc) is 2.10. The van der Waals surface area contributed by atoms with E-state index in [9.17, 15) is 5.11 Å². The summed E-state index contributed by atoms with van der Waals surface area (Å²) in [4.78, 5) is 4.06. The van der Waals surface area contributed by atoms with E-state index in [2.05, 4.69) is 4.99 Å². The van der Waals surface area contributed by atoms with Crippen molar-refractivity contribution in [1.82, 2.24) is 0 Å². The summed E-state index contributed by atoms with van der Waals surface area (Å²) < 4.78 is 0. The number of aliphatic imine (C=N–C) groups is 1. The number of hydrogen-bond acceptors (Lipinski definition) is 3. The van der Waals surface area contributed by atoms with Crippen LogP contribution in [-0.2, 0) is 0 Å². The molecule has 0 aliphatic rings. The Morgan fingerprint density at radius 3 is 2.58 bits per heavy atom. The standard InChI is InChI=1S/C9H11NOS/c1-10-9(12-2)7-5-3-4-6-8(7)11/h3-6,11H,1-2H3. The number of para-hydroxylation sites is 1. The molecule has 1 aromatic carbocycles. The smallest absolute Gasteiger partial charge is 0.125 e. The lowest BCUT2D eigenvalue weighted by atomic mass is 10.2. The van der Waals surface area contributed by atoms with Crippen LogP contribution in [0.5, 0.6) is 5.75 Å². The zero-order valence-electron chi connectivity index (χ0n) is 7.11. The van der Waals surface area contributed by atoms with Gasteiger partial charge in [-0.05, 0) is 18.4 Å². The van der Waals surface area contributed by atoms with E-state index in [1.54, 1.807) is 19.2 Å². The van der Waals surface area contributed by atoms with Gasteiger partial charge in [-0.25, -0.2) is 0 Å². The average molecular weight is 181 g/mol. The van der Waals surface area contributed by atoms with Crippen molar-refractivity contribution in [3.63, 3.8) is 0 Å². The summed E-state index contributed by atoms with van der Waals surface area (Å²) in [5.41, 5.74) is 0.799. The Kier molecular flexibility index (Phi) is 3.17. The number of phenols is 1. The zero-order valence-corrected chi connectivity index (χ0v) is 7.93. The summed E-state index contributed by atoms with van der Waals surface area (Å²) in [7, 11) is 1.72. The van der Waals surface area contributed by atoms with Crippen molar-refractivity contribution in [3.05, 3.63) is 29.8 Å². The summed E-state index contributed by atoms with van der Waals surface area (Å²) >= 11 is 1.53. The van der Waals surface area contributed by atoms with E-state index in [-0.39, 0.29) is 5.75 Å². The SMILES string of the molecule is CN=C(SC)c1ccccc1O. The molecule has 2 nitrogen and oxygen atoms in total. The van der Waals surface area contributed by atoms with Crippen LogP contribution in [0.25, 0.3) is 0 Å². The fourth-order valence-corrected chi connectivity index (χ4v) is 1.55. The highest BCUT2D eigenvalue weighted by molar-refractivity contribution is 8.13. The Balaban J connectivity index is 3.10. The molecule has 0 atom stereocenters. The minimum atomic E-state index is 0.285. The topological polar surface area (TPSA) is 32.6 Å². The molecule has 0 saturated carbocycles. The van der Waals surface area contributed by atoms with Gasteiger partial charge in [0, 0.05) is 12.6 Å². The van der Waals surface area contributed by atoms with Crippen LogP contribution in [0.3, 0.4) is 0 Å². The molecule has 0 amide bonds. The molecule has 1 aromatic rings. The van der Waals surface area contributed by atoms with E-state index in [1.807, 2.05) is 18.4 Å². The fraction of sp³-hybridized carbons (Fsp3) is 0.222. The van der Waals surface area contributed by atoms with E-state index >= 15 is 0 Å². The van der Waals surface area contributed by atoms with Gasteiger partial charge in [-0.2, -0.15) is 0 Å². The zero-order chi connectivity index (χ0) is 8.97. The van der Waals surface area contributed by atoms with Gasteiger partial charge in [-0.3, -0.25) is 4.99 Å². The first-order valence-corrected chi connectivity index (χ1v) is 4.81. The van der Waals surface area contributed by atoms with E-state index in [0.29, 0.717) is 0 Å². The third-order valence-corrected chi connectivity index (χ3v) is 2.32. The minimum absolute atomic E-state index is 0.285. The molecule has 0 saturated heterocycles. The lowest BCUT2D eigenvalue weighted by molar-refractivity contribution is 0.474. The van der Waals surface area contributed by atoms with Crippen molar-refractivity contribution in [1.29, 1.82) is 0 Å². The van der Waals surface area contributed by atoms with Gasteiger partial charge in [0.25, 0.3) is 0 Å². The second kappa shape index (κ2) is 4.16. The van der Waals surface area contributed by atoms with Gasteiger partial charge in [0.05, 0.1) is 0 Å². The minimum Gasteiger partial charge on any atom is -0.507 e. The van der Waals surface area contributed by atoms with Crippen LogP contribution in [0.2, 0.25) is 0 Å². The predicted octanol–water partition coefficient (Wildman–Crippen LogP) is 2.13. The maximum Gasteiger partial charge on any atom is 0.125 e. The highest BCUT2D eigenvalue weighted by Crippen LogP contribution is 2.20. The molecule has 0 aliphatic carbocycles. The summed E-state index contributed by atoms with van der Waals surface area (Å²) in [5, 5.41) is 10.3. The lowest BCUT2D eigenvalue weighted by Crippen LogP contribution is -1.94. The first-order chi connectivity index (χ1) is 5.79. The fourth-order valence-electron chi connectivity index (χ4n) is 0.976.